The molecular weight excluding hydrogens is 214 g/mol. The van der Waals surface area contributed by atoms with Gasteiger partial charge in [0.2, 0.25) is 5.89 Å². The first-order valence-corrected chi connectivity index (χ1v) is 6.04. The van der Waals surface area contributed by atoms with Gasteiger partial charge in [-0.3, -0.25) is 0 Å². The van der Waals surface area contributed by atoms with Crippen LogP contribution in [0.15, 0.2) is 4.42 Å². The Bertz CT molecular complexity index is 297. The summed E-state index contributed by atoms with van der Waals surface area (Å²) in [7, 11) is 0. The van der Waals surface area contributed by atoms with Crippen LogP contribution in [-0.4, -0.2) is 16.7 Å². The van der Waals surface area contributed by atoms with Crippen LogP contribution in [0, 0.1) is 5.92 Å². The summed E-state index contributed by atoms with van der Waals surface area (Å²) in [6, 6.07) is 0.497. The van der Waals surface area contributed by atoms with E-state index in [0.717, 1.165) is 12.5 Å². The molecule has 0 aliphatic heterocycles. The van der Waals surface area contributed by atoms with Crippen molar-refractivity contribution in [1.82, 2.24) is 10.2 Å². The molecule has 5 heteroatoms. The zero-order chi connectivity index (χ0) is 10.5. The predicted octanol–water partition coefficient (Wildman–Crippen LogP) is 2.80. The van der Waals surface area contributed by atoms with Crippen LogP contribution in [0.5, 0.6) is 0 Å². The molecule has 1 aliphatic rings. The Morgan fingerprint density at radius 1 is 1.27 bits per heavy atom. The Labute approximate surface area is 94.4 Å². The highest BCUT2D eigenvalue weighted by molar-refractivity contribution is 6.16. The average molecular weight is 230 g/mol. The number of alkyl halides is 1. The maximum Gasteiger partial charge on any atom is 0.315 e. The Morgan fingerprint density at radius 2 is 2.07 bits per heavy atom. The summed E-state index contributed by atoms with van der Waals surface area (Å²) in [5, 5.41) is 10.8. The molecule has 0 unspecified atom stereocenters. The fourth-order valence-corrected chi connectivity index (χ4v) is 2.11. The average Bonchev–Trinajstić information content (AvgIpc) is 2.76. The van der Waals surface area contributed by atoms with E-state index in [1.807, 2.05) is 0 Å². The number of halogens is 1. The zero-order valence-corrected chi connectivity index (χ0v) is 9.46. The highest BCUT2D eigenvalue weighted by Gasteiger charge is 2.14. The number of rotatable bonds is 4. The summed E-state index contributed by atoms with van der Waals surface area (Å²) in [4.78, 5) is 0. The van der Waals surface area contributed by atoms with Gasteiger partial charge < -0.3 is 9.73 Å². The summed E-state index contributed by atoms with van der Waals surface area (Å²) < 4.78 is 5.26. The molecule has 0 atom stereocenters. The Morgan fingerprint density at radius 3 is 2.73 bits per heavy atom. The molecule has 1 saturated carbocycles. The van der Waals surface area contributed by atoms with Crippen molar-refractivity contribution in [3.63, 3.8) is 0 Å². The monoisotopic (exact) mass is 229 g/mol. The van der Waals surface area contributed by atoms with Gasteiger partial charge in [-0.15, -0.1) is 16.7 Å². The highest BCUT2D eigenvalue weighted by atomic mass is 35.5. The molecule has 1 aromatic heterocycles. The fraction of sp³-hybridized carbons (Fsp3) is 0.800. The molecule has 1 heterocycles. The first kappa shape index (κ1) is 10.7. The molecule has 1 N–H and O–H groups in total. The predicted molar refractivity (Wildman–Crippen MR) is 58.9 cm³/mol. The number of nitrogens with zero attached hydrogens (tertiary/aromatic N) is 2. The number of hydrogen-bond acceptors (Lipinski definition) is 4. The first-order chi connectivity index (χ1) is 7.38. The number of anilines is 1. The third-order valence-electron chi connectivity index (χ3n) is 2.85. The van der Waals surface area contributed by atoms with Crippen molar-refractivity contribution in [3.8, 4) is 0 Å². The Kier molecular flexibility index (Phi) is 3.83. The van der Waals surface area contributed by atoms with Crippen molar-refractivity contribution < 1.29 is 4.42 Å². The zero-order valence-electron chi connectivity index (χ0n) is 8.71. The maximum absolute atomic E-state index is 5.57. The lowest BCUT2D eigenvalue weighted by atomic mass is 9.89. The van der Waals surface area contributed by atoms with Crippen LogP contribution in [0.4, 0.5) is 6.01 Å². The Balaban J connectivity index is 1.76. The van der Waals surface area contributed by atoms with Crippen LogP contribution >= 0.6 is 11.6 Å². The van der Waals surface area contributed by atoms with E-state index in [1.54, 1.807) is 0 Å². The molecule has 0 amide bonds. The molecule has 1 aliphatic carbocycles. The molecule has 4 nitrogen and oxygen atoms in total. The number of aromatic nitrogens is 2. The van der Waals surface area contributed by atoms with E-state index in [-0.39, 0.29) is 5.88 Å². The molecule has 0 radical (unpaired) electrons. The van der Waals surface area contributed by atoms with Gasteiger partial charge in [0.25, 0.3) is 0 Å². The van der Waals surface area contributed by atoms with E-state index in [2.05, 4.69) is 15.5 Å². The lowest BCUT2D eigenvalue weighted by Crippen LogP contribution is -2.17. The van der Waals surface area contributed by atoms with Gasteiger partial charge in [-0.05, 0) is 18.8 Å². The third-order valence-corrected chi connectivity index (χ3v) is 3.08. The molecule has 1 fully saturated rings. The molecule has 0 bridgehead atoms. The summed E-state index contributed by atoms with van der Waals surface area (Å²) in [5.74, 6) is 1.51. The summed E-state index contributed by atoms with van der Waals surface area (Å²) in [5.41, 5.74) is 0. The van der Waals surface area contributed by atoms with Gasteiger partial charge in [-0.25, -0.2) is 0 Å². The standard InChI is InChI=1S/C10H16ClN3O/c11-6-9-13-14-10(15-9)12-7-8-4-2-1-3-5-8/h8H,1-7H2,(H,12,14). The second kappa shape index (κ2) is 5.35. The maximum atomic E-state index is 5.57. The second-order valence-corrected chi connectivity index (χ2v) is 4.29. The SMILES string of the molecule is ClCc1nnc(NCC2CCCCC2)o1. The molecular formula is C10H16ClN3O. The van der Waals surface area contributed by atoms with Crippen molar-refractivity contribution in [3.05, 3.63) is 5.89 Å². The van der Waals surface area contributed by atoms with Crippen LogP contribution in [0.1, 0.15) is 38.0 Å². The summed E-state index contributed by atoms with van der Waals surface area (Å²) >= 11 is 5.57. The normalized spacial score (nSPS) is 17.9. The highest BCUT2D eigenvalue weighted by Crippen LogP contribution is 2.23. The van der Waals surface area contributed by atoms with Gasteiger partial charge >= 0.3 is 6.01 Å². The molecule has 0 saturated heterocycles. The minimum Gasteiger partial charge on any atom is -0.407 e. The topological polar surface area (TPSA) is 51.0 Å². The minimum absolute atomic E-state index is 0.276. The van der Waals surface area contributed by atoms with E-state index in [9.17, 15) is 0 Å². The van der Waals surface area contributed by atoms with Crippen LogP contribution in [0.25, 0.3) is 0 Å². The third kappa shape index (κ3) is 3.09. The molecule has 2 rings (SSSR count). The van der Waals surface area contributed by atoms with Gasteiger partial charge in [0.1, 0.15) is 5.88 Å². The van der Waals surface area contributed by atoms with Crippen LogP contribution in [0.3, 0.4) is 0 Å². The van der Waals surface area contributed by atoms with Gasteiger partial charge in [0, 0.05) is 6.54 Å². The van der Waals surface area contributed by atoms with E-state index in [4.69, 9.17) is 16.0 Å². The van der Waals surface area contributed by atoms with Gasteiger partial charge in [0.15, 0.2) is 0 Å². The van der Waals surface area contributed by atoms with Crippen molar-refractivity contribution in [1.29, 1.82) is 0 Å². The van der Waals surface area contributed by atoms with Gasteiger partial charge in [-0.2, -0.15) is 0 Å². The summed E-state index contributed by atoms with van der Waals surface area (Å²) in [6.07, 6.45) is 6.70. The minimum atomic E-state index is 0.276. The quantitative estimate of drug-likeness (QED) is 0.807. The van der Waals surface area contributed by atoms with Crippen molar-refractivity contribution in [2.75, 3.05) is 11.9 Å². The molecule has 1 aromatic rings. The van der Waals surface area contributed by atoms with Gasteiger partial charge in [0.05, 0.1) is 0 Å². The van der Waals surface area contributed by atoms with Crippen molar-refractivity contribution in [2.24, 2.45) is 5.92 Å². The second-order valence-electron chi connectivity index (χ2n) is 4.02. The summed E-state index contributed by atoms with van der Waals surface area (Å²) in [6.45, 7) is 0.934. The molecule has 84 valence electrons. The largest absolute Gasteiger partial charge is 0.407 e. The van der Waals surface area contributed by atoms with E-state index >= 15 is 0 Å². The van der Waals surface area contributed by atoms with E-state index < -0.39 is 0 Å². The van der Waals surface area contributed by atoms with E-state index in [1.165, 1.54) is 32.1 Å². The Hall–Kier alpha value is -0.770. The number of hydrogen-bond donors (Lipinski definition) is 1. The number of nitrogens with one attached hydrogen (secondary N) is 1. The fourth-order valence-electron chi connectivity index (χ4n) is 2.00. The van der Waals surface area contributed by atoms with Crippen LogP contribution in [0.2, 0.25) is 0 Å². The lowest BCUT2D eigenvalue weighted by molar-refractivity contribution is 0.370. The lowest BCUT2D eigenvalue weighted by Gasteiger charge is -2.20. The molecule has 0 spiro atoms. The first-order valence-electron chi connectivity index (χ1n) is 5.50. The van der Waals surface area contributed by atoms with Crippen molar-refractivity contribution in [2.45, 2.75) is 38.0 Å². The molecule has 0 aromatic carbocycles. The van der Waals surface area contributed by atoms with Crippen molar-refractivity contribution >= 4 is 17.6 Å². The van der Waals surface area contributed by atoms with Crippen LogP contribution < -0.4 is 5.32 Å². The van der Waals surface area contributed by atoms with E-state index in [0.29, 0.717) is 11.9 Å². The molecule has 15 heavy (non-hydrogen) atoms. The van der Waals surface area contributed by atoms with Crippen LogP contribution in [-0.2, 0) is 5.88 Å². The van der Waals surface area contributed by atoms with Gasteiger partial charge in [-0.1, -0.05) is 24.4 Å². The smallest absolute Gasteiger partial charge is 0.315 e.